The molecule has 0 bridgehead atoms. The molecular formula is C14H21N5S. The predicted octanol–water partition coefficient (Wildman–Crippen LogP) is 3.46. The molecule has 0 aromatic carbocycles. The van der Waals surface area contributed by atoms with Gasteiger partial charge in [-0.2, -0.15) is 0 Å². The summed E-state index contributed by atoms with van der Waals surface area (Å²) in [5, 5.41) is 7.74. The van der Waals surface area contributed by atoms with Gasteiger partial charge in [0.1, 0.15) is 17.5 Å². The Labute approximate surface area is 123 Å². The quantitative estimate of drug-likeness (QED) is 0.883. The van der Waals surface area contributed by atoms with E-state index < -0.39 is 0 Å². The highest BCUT2D eigenvalue weighted by molar-refractivity contribution is 7.11. The Morgan fingerprint density at radius 3 is 2.45 bits per heavy atom. The third-order valence-electron chi connectivity index (χ3n) is 2.89. The molecule has 0 amide bonds. The van der Waals surface area contributed by atoms with E-state index in [2.05, 4.69) is 39.4 Å². The summed E-state index contributed by atoms with van der Waals surface area (Å²) in [4.78, 5) is 14.5. The van der Waals surface area contributed by atoms with Gasteiger partial charge in [0.25, 0.3) is 0 Å². The minimum atomic E-state index is 0.185. The van der Waals surface area contributed by atoms with Crippen LogP contribution in [0.3, 0.4) is 0 Å². The zero-order valence-electron chi connectivity index (χ0n) is 12.6. The molecule has 108 valence electrons. The predicted molar refractivity (Wildman–Crippen MR) is 84.6 cm³/mol. The van der Waals surface area contributed by atoms with Crippen LogP contribution in [0.4, 0.5) is 11.6 Å². The molecule has 1 atom stereocenters. The maximum atomic E-state index is 4.47. The first-order valence-electron chi connectivity index (χ1n) is 6.79. The first-order valence-corrected chi connectivity index (χ1v) is 7.61. The molecule has 0 saturated carbocycles. The lowest BCUT2D eigenvalue weighted by Gasteiger charge is -2.15. The first-order chi connectivity index (χ1) is 9.49. The average Bonchev–Trinajstić information content (AvgIpc) is 2.68. The van der Waals surface area contributed by atoms with Crippen LogP contribution in [-0.2, 0) is 0 Å². The van der Waals surface area contributed by atoms with E-state index in [1.807, 2.05) is 26.8 Å². The molecule has 5 nitrogen and oxygen atoms in total. The van der Waals surface area contributed by atoms with Gasteiger partial charge in [0.05, 0.1) is 16.7 Å². The van der Waals surface area contributed by atoms with Crippen LogP contribution < -0.4 is 10.6 Å². The normalized spacial score (nSPS) is 12.2. The van der Waals surface area contributed by atoms with Gasteiger partial charge in [-0.05, 0) is 34.6 Å². The van der Waals surface area contributed by atoms with Crippen LogP contribution >= 0.6 is 11.3 Å². The molecule has 0 radical (unpaired) electrons. The highest BCUT2D eigenvalue weighted by Gasteiger charge is 2.14. The Morgan fingerprint density at radius 2 is 1.85 bits per heavy atom. The molecule has 0 saturated heterocycles. The number of aryl methyl sites for hydroxylation is 3. The number of rotatable bonds is 5. The van der Waals surface area contributed by atoms with Crippen LogP contribution in [0.2, 0.25) is 0 Å². The summed E-state index contributed by atoms with van der Waals surface area (Å²) >= 11 is 1.73. The van der Waals surface area contributed by atoms with Crippen LogP contribution in [0, 0.1) is 20.8 Å². The van der Waals surface area contributed by atoms with E-state index in [4.69, 9.17) is 0 Å². The summed E-state index contributed by atoms with van der Waals surface area (Å²) in [6, 6.07) is 2.13. The summed E-state index contributed by atoms with van der Waals surface area (Å²) in [7, 11) is 0. The summed E-state index contributed by atoms with van der Waals surface area (Å²) < 4.78 is 0. The standard InChI is InChI=1S/C14H21N5S/c1-6-15-12-7-13(19-10(4)18-12)17-9(3)14-8(2)16-11(5)20-14/h7,9H,6H2,1-5H3,(H2,15,17,18,19). The molecule has 0 fully saturated rings. The van der Waals surface area contributed by atoms with Crippen molar-refractivity contribution in [2.45, 2.75) is 40.7 Å². The Hall–Kier alpha value is -1.69. The second kappa shape index (κ2) is 6.17. The van der Waals surface area contributed by atoms with Crippen molar-refractivity contribution in [2.24, 2.45) is 0 Å². The lowest BCUT2D eigenvalue weighted by Crippen LogP contribution is -2.10. The number of nitrogens with one attached hydrogen (secondary N) is 2. The van der Waals surface area contributed by atoms with E-state index in [9.17, 15) is 0 Å². The fourth-order valence-corrected chi connectivity index (χ4v) is 3.08. The maximum Gasteiger partial charge on any atom is 0.132 e. The van der Waals surface area contributed by atoms with Crippen molar-refractivity contribution in [1.82, 2.24) is 15.0 Å². The van der Waals surface area contributed by atoms with Gasteiger partial charge in [0, 0.05) is 17.5 Å². The molecule has 6 heteroatoms. The van der Waals surface area contributed by atoms with E-state index in [0.29, 0.717) is 0 Å². The minimum absolute atomic E-state index is 0.185. The zero-order chi connectivity index (χ0) is 14.7. The second-order valence-electron chi connectivity index (χ2n) is 4.76. The molecular weight excluding hydrogens is 270 g/mol. The van der Waals surface area contributed by atoms with Gasteiger partial charge in [0.2, 0.25) is 0 Å². The number of anilines is 2. The Kier molecular flexibility index (Phi) is 4.54. The van der Waals surface area contributed by atoms with Crippen molar-refractivity contribution in [3.63, 3.8) is 0 Å². The smallest absolute Gasteiger partial charge is 0.132 e. The second-order valence-corrected chi connectivity index (χ2v) is 6.00. The SMILES string of the molecule is CCNc1cc(NC(C)c2sc(C)nc2C)nc(C)n1. The average molecular weight is 291 g/mol. The lowest BCUT2D eigenvalue weighted by molar-refractivity contribution is 0.872. The molecule has 2 heterocycles. The van der Waals surface area contributed by atoms with Crippen LogP contribution in [0.25, 0.3) is 0 Å². The van der Waals surface area contributed by atoms with E-state index in [-0.39, 0.29) is 6.04 Å². The van der Waals surface area contributed by atoms with Crippen LogP contribution in [0.5, 0.6) is 0 Å². The van der Waals surface area contributed by atoms with Crippen molar-refractivity contribution in [3.05, 3.63) is 27.5 Å². The van der Waals surface area contributed by atoms with Crippen LogP contribution in [0.15, 0.2) is 6.07 Å². The van der Waals surface area contributed by atoms with Crippen LogP contribution in [-0.4, -0.2) is 21.5 Å². The Morgan fingerprint density at radius 1 is 1.15 bits per heavy atom. The van der Waals surface area contributed by atoms with Gasteiger partial charge < -0.3 is 10.6 Å². The summed E-state index contributed by atoms with van der Waals surface area (Å²) in [6.07, 6.45) is 0. The zero-order valence-corrected chi connectivity index (χ0v) is 13.4. The van der Waals surface area contributed by atoms with Crippen molar-refractivity contribution < 1.29 is 0 Å². The van der Waals surface area contributed by atoms with Gasteiger partial charge in [0.15, 0.2) is 0 Å². The molecule has 1 unspecified atom stereocenters. The number of hydrogen-bond acceptors (Lipinski definition) is 6. The molecule has 2 aromatic rings. The van der Waals surface area contributed by atoms with Crippen LogP contribution in [0.1, 0.15) is 41.3 Å². The number of nitrogens with zero attached hydrogens (tertiary/aromatic N) is 3. The van der Waals surface area contributed by atoms with Crippen molar-refractivity contribution in [1.29, 1.82) is 0 Å². The number of thiazole rings is 1. The van der Waals surface area contributed by atoms with E-state index in [1.165, 1.54) is 4.88 Å². The third-order valence-corrected chi connectivity index (χ3v) is 4.15. The number of hydrogen-bond donors (Lipinski definition) is 2. The van der Waals surface area contributed by atoms with Crippen molar-refractivity contribution in [3.8, 4) is 0 Å². The monoisotopic (exact) mass is 291 g/mol. The minimum Gasteiger partial charge on any atom is -0.370 e. The lowest BCUT2D eigenvalue weighted by atomic mass is 10.2. The topological polar surface area (TPSA) is 62.7 Å². The van der Waals surface area contributed by atoms with Gasteiger partial charge in [-0.1, -0.05) is 0 Å². The number of aromatic nitrogens is 3. The highest BCUT2D eigenvalue weighted by atomic mass is 32.1. The Bertz CT molecular complexity index is 593. The molecule has 0 aliphatic rings. The van der Waals surface area contributed by atoms with Gasteiger partial charge in [-0.3, -0.25) is 0 Å². The summed E-state index contributed by atoms with van der Waals surface area (Å²) in [5.41, 5.74) is 1.09. The maximum absolute atomic E-state index is 4.47. The fraction of sp³-hybridized carbons (Fsp3) is 0.500. The molecule has 2 rings (SSSR count). The first kappa shape index (κ1) is 14.7. The molecule has 0 aliphatic carbocycles. The van der Waals surface area contributed by atoms with E-state index in [0.717, 1.165) is 34.7 Å². The van der Waals surface area contributed by atoms with Crippen molar-refractivity contribution in [2.75, 3.05) is 17.2 Å². The van der Waals surface area contributed by atoms with Gasteiger partial charge in [-0.15, -0.1) is 11.3 Å². The molecule has 0 spiro atoms. The van der Waals surface area contributed by atoms with Gasteiger partial charge >= 0.3 is 0 Å². The highest BCUT2D eigenvalue weighted by Crippen LogP contribution is 2.27. The molecule has 20 heavy (non-hydrogen) atoms. The van der Waals surface area contributed by atoms with Gasteiger partial charge in [-0.25, -0.2) is 15.0 Å². The largest absolute Gasteiger partial charge is 0.370 e. The fourth-order valence-electron chi connectivity index (χ4n) is 2.15. The summed E-state index contributed by atoms with van der Waals surface area (Å²) in [6.45, 7) is 11.0. The molecule has 0 aliphatic heterocycles. The van der Waals surface area contributed by atoms with E-state index in [1.54, 1.807) is 11.3 Å². The van der Waals surface area contributed by atoms with Crippen molar-refractivity contribution >= 4 is 23.0 Å². The molecule has 2 N–H and O–H groups in total. The summed E-state index contributed by atoms with van der Waals surface area (Å²) in [5.74, 6) is 2.45. The molecule has 2 aromatic heterocycles. The van der Waals surface area contributed by atoms with E-state index >= 15 is 0 Å². The third kappa shape index (κ3) is 3.45. The Balaban J connectivity index is 2.18.